The summed E-state index contributed by atoms with van der Waals surface area (Å²) in [7, 11) is 0. The average molecular weight is 630 g/mol. The minimum Gasteiger partial charge on any atom is -0.354 e. The standard InChI is InChI=1S/C27H27ClF3N11O2/c28-20-13-17(1-2-18(20)26(44)40-11-9-39(10-12-40)16-22(43)34-5-3-32)37-24-25-36-14-21(42(25)8-6-35-24)19-15-41(7-4-33)38-23(19)27(29,30)31/h1-2,6,8,13-15H,3,5,7,9-12,16,32H2,(H,34,43)(H,35,37). The van der Waals surface area contributed by atoms with E-state index >= 15 is 0 Å². The van der Waals surface area contributed by atoms with Crippen LogP contribution in [0.1, 0.15) is 16.1 Å². The molecule has 44 heavy (non-hydrogen) atoms. The Balaban J connectivity index is 1.30. The molecule has 4 N–H and O–H groups in total. The molecule has 0 aliphatic carbocycles. The van der Waals surface area contributed by atoms with E-state index in [9.17, 15) is 22.8 Å². The lowest BCUT2D eigenvalue weighted by Gasteiger charge is -2.34. The summed E-state index contributed by atoms with van der Waals surface area (Å²) >= 11 is 6.51. The summed E-state index contributed by atoms with van der Waals surface area (Å²) in [4.78, 5) is 37.3. The van der Waals surface area contributed by atoms with E-state index in [1.807, 2.05) is 4.90 Å². The maximum Gasteiger partial charge on any atom is 0.435 e. The van der Waals surface area contributed by atoms with Gasteiger partial charge in [0.25, 0.3) is 5.91 Å². The molecule has 1 aliphatic rings. The maximum atomic E-state index is 13.7. The Labute approximate surface area is 254 Å². The molecule has 0 atom stereocenters. The van der Waals surface area contributed by atoms with Crippen LogP contribution in [0.4, 0.5) is 24.7 Å². The lowest BCUT2D eigenvalue weighted by Crippen LogP contribution is -2.51. The van der Waals surface area contributed by atoms with Crippen LogP contribution < -0.4 is 16.4 Å². The van der Waals surface area contributed by atoms with Gasteiger partial charge in [-0.2, -0.15) is 23.5 Å². The van der Waals surface area contributed by atoms with Crippen molar-refractivity contribution in [2.75, 3.05) is 51.1 Å². The highest BCUT2D eigenvalue weighted by atomic mass is 35.5. The summed E-state index contributed by atoms with van der Waals surface area (Å²) < 4.78 is 43.6. The predicted molar refractivity (Wildman–Crippen MR) is 154 cm³/mol. The number of carbonyl (C=O) groups excluding carboxylic acids is 2. The molecule has 13 nitrogen and oxygen atoms in total. The zero-order chi connectivity index (χ0) is 31.4. The van der Waals surface area contributed by atoms with Gasteiger partial charge in [-0.1, -0.05) is 11.6 Å². The Hall–Kier alpha value is -4.72. The van der Waals surface area contributed by atoms with E-state index in [0.29, 0.717) is 50.5 Å². The molecule has 17 heteroatoms. The highest BCUT2D eigenvalue weighted by molar-refractivity contribution is 6.34. The van der Waals surface area contributed by atoms with Gasteiger partial charge in [-0.25, -0.2) is 9.97 Å². The number of carbonyl (C=O) groups is 2. The second-order valence-corrected chi connectivity index (χ2v) is 10.3. The largest absolute Gasteiger partial charge is 0.435 e. The second kappa shape index (κ2) is 12.9. The number of nitriles is 1. The molecular weight excluding hydrogens is 603 g/mol. The highest BCUT2D eigenvalue weighted by Gasteiger charge is 2.38. The van der Waals surface area contributed by atoms with Gasteiger partial charge < -0.3 is 21.3 Å². The third kappa shape index (κ3) is 6.59. The molecule has 1 fully saturated rings. The van der Waals surface area contributed by atoms with E-state index in [2.05, 4.69) is 25.7 Å². The van der Waals surface area contributed by atoms with E-state index in [-0.39, 0.29) is 52.6 Å². The van der Waals surface area contributed by atoms with E-state index in [0.717, 1.165) is 10.9 Å². The first-order valence-electron chi connectivity index (χ1n) is 13.5. The van der Waals surface area contributed by atoms with Crippen molar-refractivity contribution < 1.29 is 22.8 Å². The number of imidazole rings is 1. The van der Waals surface area contributed by atoms with E-state index in [4.69, 9.17) is 22.6 Å². The summed E-state index contributed by atoms with van der Waals surface area (Å²) in [5.41, 5.74) is 5.15. The van der Waals surface area contributed by atoms with Crippen LogP contribution in [-0.2, 0) is 17.5 Å². The highest BCUT2D eigenvalue weighted by Crippen LogP contribution is 2.37. The molecule has 0 radical (unpaired) electrons. The number of aromatic nitrogens is 5. The number of anilines is 2. The topological polar surface area (TPSA) is 162 Å². The van der Waals surface area contributed by atoms with E-state index < -0.39 is 11.9 Å². The molecule has 1 aliphatic heterocycles. The number of fused-ring (bicyclic) bond motifs is 1. The SMILES string of the molecule is N#CCn1cc(-c2cnc3c(Nc4ccc(C(=O)N5CCN(CC(=O)NCCN)CC5)c(Cl)c4)nccn23)c(C(F)(F)F)n1. The van der Waals surface area contributed by atoms with Gasteiger partial charge in [0, 0.05) is 63.5 Å². The molecule has 230 valence electrons. The molecule has 0 spiro atoms. The van der Waals surface area contributed by atoms with Gasteiger partial charge in [0.05, 0.1) is 40.7 Å². The fourth-order valence-corrected chi connectivity index (χ4v) is 5.09. The van der Waals surface area contributed by atoms with Gasteiger partial charge in [-0.3, -0.25) is 23.6 Å². The molecule has 0 saturated carbocycles. The van der Waals surface area contributed by atoms with Crippen LogP contribution >= 0.6 is 11.6 Å². The van der Waals surface area contributed by atoms with Gasteiger partial charge in [0.2, 0.25) is 5.91 Å². The van der Waals surface area contributed by atoms with Gasteiger partial charge in [0.15, 0.2) is 17.2 Å². The van der Waals surface area contributed by atoms with Crippen molar-refractivity contribution in [1.82, 2.24) is 39.3 Å². The molecule has 1 saturated heterocycles. The minimum absolute atomic E-state index is 0.109. The molecule has 0 bridgehead atoms. The number of halogens is 4. The van der Waals surface area contributed by atoms with Gasteiger partial charge in [-0.05, 0) is 18.2 Å². The van der Waals surface area contributed by atoms with Gasteiger partial charge in [0.1, 0.15) is 6.54 Å². The van der Waals surface area contributed by atoms with Gasteiger partial charge >= 0.3 is 6.18 Å². The first-order valence-corrected chi connectivity index (χ1v) is 13.9. The van der Waals surface area contributed by atoms with Crippen molar-refractivity contribution in [3.05, 3.63) is 59.3 Å². The van der Waals surface area contributed by atoms with Crippen molar-refractivity contribution in [3.8, 4) is 17.3 Å². The summed E-state index contributed by atoms with van der Waals surface area (Å²) in [6.45, 7) is 2.58. The van der Waals surface area contributed by atoms with E-state index in [1.54, 1.807) is 29.2 Å². The van der Waals surface area contributed by atoms with Gasteiger partial charge in [-0.15, -0.1) is 0 Å². The third-order valence-corrected chi connectivity index (χ3v) is 7.24. The Morgan fingerprint density at radius 3 is 2.61 bits per heavy atom. The number of hydrogen-bond donors (Lipinski definition) is 3. The van der Waals surface area contributed by atoms with Crippen LogP contribution in [0.25, 0.3) is 16.9 Å². The Morgan fingerprint density at radius 2 is 1.93 bits per heavy atom. The number of alkyl halides is 3. The third-order valence-electron chi connectivity index (χ3n) is 6.92. The summed E-state index contributed by atoms with van der Waals surface area (Å²) in [5.74, 6) is -0.126. The molecule has 0 unspecified atom stereocenters. The molecule has 3 aromatic heterocycles. The van der Waals surface area contributed by atoms with Crippen LogP contribution in [0.3, 0.4) is 0 Å². The Bertz CT molecular complexity index is 1720. The zero-order valence-corrected chi connectivity index (χ0v) is 23.9. The van der Waals surface area contributed by atoms with Crippen molar-refractivity contribution in [2.24, 2.45) is 5.73 Å². The maximum absolute atomic E-state index is 13.7. The number of amides is 2. The number of piperazine rings is 1. The van der Waals surface area contributed by atoms with Crippen LogP contribution in [0.2, 0.25) is 5.02 Å². The average Bonchev–Trinajstić information content (AvgIpc) is 3.61. The number of nitrogens with two attached hydrogens (primary N) is 1. The second-order valence-electron chi connectivity index (χ2n) is 9.88. The van der Waals surface area contributed by atoms with Crippen molar-refractivity contribution in [2.45, 2.75) is 12.7 Å². The fraction of sp³-hybridized carbons (Fsp3) is 0.333. The molecule has 2 amide bonds. The van der Waals surface area contributed by atoms with Crippen molar-refractivity contribution in [3.63, 3.8) is 0 Å². The normalized spacial score (nSPS) is 14.0. The number of rotatable bonds is 9. The monoisotopic (exact) mass is 629 g/mol. The Morgan fingerprint density at radius 1 is 1.16 bits per heavy atom. The van der Waals surface area contributed by atoms with Crippen LogP contribution in [0.15, 0.2) is 43.0 Å². The molecule has 4 aromatic rings. The summed E-state index contributed by atoms with van der Waals surface area (Å²) in [6, 6.07) is 6.55. The van der Waals surface area contributed by atoms with Crippen LogP contribution in [0.5, 0.6) is 0 Å². The minimum atomic E-state index is -4.75. The van der Waals surface area contributed by atoms with E-state index in [1.165, 1.54) is 23.0 Å². The first kappa shape index (κ1) is 30.7. The summed E-state index contributed by atoms with van der Waals surface area (Å²) in [5, 5.41) is 18.4. The lowest BCUT2D eigenvalue weighted by molar-refractivity contribution is -0.141. The Kier molecular flexibility index (Phi) is 8.99. The molecule has 4 heterocycles. The van der Waals surface area contributed by atoms with Crippen LogP contribution in [-0.4, -0.2) is 91.6 Å². The molecule has 5 rings (SSSR count). The van der Waals surface area contributed by atoms with Crippen LogP contribution in [0, 0.1) is 11.3 Å². The zero-order valence-electron chi connectivity index (χ0n) is 23.2. The number of benzene rings is 1. The molecular formula is C27H27ClF3N11O2. The first-order chi connectivity index (χ1) is 21.1. The summed E-state index contributed by atoms with van der Waals surface area (Å²) in [6.07, 6.45) is 0.532. The fourth-order valence-electron chi connectivity index (χ4n) is 4.83. The van der Waals surface area contributed by atoms with Crippen molar-refractivity contribution in [1.29, 1.82) is 5.26 Å². The number of nitrogens with zero attached hydrogens (tertiary/aromatic N) is 8. The lowest BCUT2D eigenvalue weighted by atomic mass is 10.1. The smallest absolute Gasteiger partial charge is 0.354 e. The molecule has 1 aromatic carbocycles. The predicted octanol–water partition coefficient (Wildman–Crippen LogP) is 2.36. The number of nitrogens with one attached hydrogen (secondary N) is 2. The quantitative estimate of drug-likeness (QED) is 0.252. The number of hydrogen-bond acceptors (Lipinski definition) is 9. The van der Waals surface area contributed by atoms with Crippen molar-refractivity contribution >= 4 is 40.6 Å².